The van der Waals surface area contributed by atoms with Crippen LogP contribution in [0.5, 0.6) is 0 Å². The minimum absolute atomic E-state index is 0. The van der Waals surface area contributed by atoms with Crippen molar-refractivity contribution in [3.8, 4) is 0 Å². The summed E-state index contributed by atoms with van der Waals surface area (Å²) in [7, 11) is 0. The van der Waals surface area contributed by atoms with E-state index in [9.17, 15) is 9.59 Å². The van der Waals surface area contributed by atoms with Crippen LogP contribution in [0.3, 0.4) is 0 Å². The summed E-state index contributed by atoms with van der Waals surface area (Å²) in [5, 5.41) is 5.88. The number of nitrogens with one attached hydrogen (secondary N) is 2. The van der Waals surface area contributed by atoms with Gasteiger partial charge in [0.2, 0.25) is 11.8 Å². The first-order valence-electron chi connectivity index (χ1n) is 4.87. The summed E-state index contributed by atoms with van der Waals surface area (Å²) in [6, 6.07) is -0.137. The normalized spacial score (nSPS) is 38.9. The average Bonchev–Trinajstić information content (AvgIpc) is 2.59. The average molecular weight is 234 g/mol. The molecule has 2 fully saturated rings. The van der Waals surface area contributed by atoms with E-state index in [0.717, 1.165) is 6.42 Å². The summed E-state index contributed by atoms with van der Waals surface area (Å²) >= 11 is 0. The molecule has 0 aromatic heterocycles. The van der Waals surface area contributed by atoms with Crippen LogP contribution in [0.25, 0.3) is 0 Å². The first-order chi connectivity index (χ1) is 6.53. The van der Waals surface area contributed by atoms with Crippen molar-refractivity contribution in [3.05, 3.63) is 0 Å². The van der Waals surface area contributed by atoms with Crippen molar-refractivity contribution in [1.82, 2.24) is 10.6 Å². The lowest BCUT2D eigenvalue weighted by atomic mass is 9.82. The van der Waals surface area contributed by atoms with Crippen LogP contribution in [-0.2, 0) is 9.59 Å². The maximum atomic E-state index is 11.7. The van der Waals surface area contributed by atoms with Gasteiger partial charge in [0.15, 0.2) is 0 Å². The summed E-state index contributed by atoms with van der Waals surface area (Å²) in [4.78, 5) is 22.6. The molecule has 0 aromatic carbocycles. The molecule has 0 aromatic rings. The zero-order valence-corrected chi connectivity index (χ0v) is 9.39. The van der Waals surface area contributed by atoms with Gasteiger partial charge in [0.1, 0.15) is 0 Å². The Labute approximate surface area is 94.6 Å². The van der Waals surface area contributed by atoms with Gasteiger partial charge in [-0.2, -0.15) is 0 Å². The molecule has 1 unspecified atom stereocenters. The minimum atomic E-state index is -0.390. The zero-order valence-electron chi connectivity index (χ0n) is 8.58. The van der Waals surface area contributed by atoms with Crippen molar-refractivity contribution in [2.45, 2.75) is 31.8 Å². The van der Waals surface area contributed by atoms with Crippen LogP contribution in [0.2, 0.25) is 0 Å². The molecular weight excluding hydrogens is 218 g/mol. The van der Waals surface area contributed by atoms with Gasteiger partial charge in [-0.3, -0.25) is 9.59 Å². The molecular formula is C9H16ClN3O2. The van der Waals surface area contributed by atoms with Crippen LogP contribution in [0, 0.1) is 5.41 Å². The number of carbonyl (C=O) groups excluding carboxylic acids is 2. The molecule has 86 valence electrons. The largest absolute Gasteiger partial charge is 0.368 e. The highest BCUT2D eigenvalue weighted by atomic mass is 35.5. The van der Waals surface area contributed by atoms with Crippen molar-refractivity contribution in [1.29, 1.82) is 0 Å². The van der Waals surface area contributed by atoms with E-state index in [1.807, 2.05) is 6.92 Å². The van der Waals surface area contributed by atoms with Gasteiger partial charge in [-0.25, -0.2) is 0 Å². The van der Waals surface area contributed by atoms with Crippen LogP contribution in [0.4, 0.5) is 0 Å². The highest BCUT2D eigenvalue weighted by Gasteiger charge is 2.51. The van der Waals surface area contributed by atoms with E-state index in [-0.39, 0.29) is 41.7 Å². The molecule has 4 N–H and O–H groups in total. The Kier molecular flexibility index (Phi) is 3.25. The van der Waals surface area contributed by atoms with E-state index in [1.165, 1.54) is 0 Å². The molecule has 5 nitrogen and oxygen atoms in total. The molecule has 2 amide bonds. The molecule has 1 spiro atoms. The Hall–Kier alpha value is -0.810. The number of amides is 2. The molecule has 0 aliphatic carbocycles. The Morgan fingerprint density at radius 3 is 2.60 bits per heavy atom. The molecule has 6 heteroatoms. The van der Waals surface area contributed by atoms with Crippen LogP contribution in [0.15, 0.2) is 0 Å². The quantitative estimate of drug-likeness (QED) is 0.552. The minimum Gasteiger partial charge on any atom is -0.368 e. The Morgan fingerprint density at radius 1 is 1.53 bits per heavy atom. The van der Waals surface area contributed by atoms with E-state index >= 15 is 0 Å². The predicted molar refractivity (Wildman–Crippen MR) is 57.5 cm³/mol. The Balaban J connectivity index is 0.00000112. The van der Waals surface area contributed by atoms with E-state index in [4.69, 9.17) is 5.73 Å². The van der Waals surface area contributed by atoms with Gasteiger partial charge < -0.3 is 16.4 Å². The number of carbonyl (C=O) groups is 2. The summed E-state index contributed by atoms with van der Waals surface area (Å²) in [5.74, 6) is -0.310. The third-order valence-electron chi connectivity index (χ3n) is 3.18. The standard InChI is InChI=1S/C9H15N3O2.ClH/c1-5-2-9(8(14)12-5)3-6(7(10)13)11-4-9;/h5-6,11H,2-4H2,1H3,(H2,10,13)(H,12,14);1H/t5?,6-,9-;/m0./s1. The number of hydrogen-bond donors (Lipinski definition) is 3. The second-order valence-corrected chi connectivity index (χ2v) is 4.40. The van der Waals surface area contributed by atoms with Gasteiger partial charge in [0.25, 0.3) is 0 Å². The summed E-state index contributed by atoms with van der Waals surface area (Å²) in [6.07, 6.45) is 1.33. The van der Waals surface area contributed by atoms with Crippen molar-refractivity contribution >= 4 is 24.2 Å². The van der Waals surface area contributed by atoms with E-state index in [0.29, 0.717) is 13.0 Å². The van der Waals surface area contributed by atoms with E-state index in [2.05, 4.69) is 10.6 Å². The molecule has 2 saturated heterocycles. The highest BCUT2D eigenvalue weighted by molar-refractivity contribution is 5.88. The summed E-state index contributed by atoms with van der Waals surface area (Å²) in [6.45, 7) is 2.54. The second kappa shape index (κ2) is 3.98. The predicted octanol–water partition coefficient (Wildman–Crippen LogP) is -0.850. The lowest BCUT2D eigenvalue weighted by Crippen LogP contribution is -2.36. The molecule has 2 rings (SSSR count). The van der Waals surface area contributed by atoms with Gasteiger partial charge >= 0.3 is 0 Å². The van der Waals surface area contributed by atoms with Gasteiger partial charge in [0, 0.05) is 12.6 Å². The van der Waals surface area contributed by atoms with Gasteiger partial charge in [-0.05, 0) is 19.8 Å². The molecule has 2 heterocycles. The summed E-state index contributed by atoms with van der Waals surface area (Å²) in [5.41, 5.74) is 4.81. The first kappa shape index (κ1) is 12.3. The first-order valence-corrected chi connectivity index (χ1v) is 4.87. The number of halogens is 1. The summed E-state index contributed by atoms with van der Waals surface area (Å²) < 4.78 is 0. The lowest BCUT2D eigenvalue weighted by Gasteiger charge is -2.17. The van der Waals surface area contributed by atoms with E-state index in [1.54, 1.807) is 0 Å². The third-order valence-corrected chi connectivity index (χ3v) is 3.18. The second-order valence-electron chi connectivity index (χ2n) is 4.40. The maximum Gasteiger partial charge on any atom is 0.234 e. The van der Waals surface area contributed by atoms with Gasteiger partial charge in [0.05, 0.1) is 11.5 Å². The van der Waals surface area contributed by atoms with Crippen LogP contribution >= 0.6 is 12.4 Å². The molecule has 15 heavy (non-hydrogen) atoms. The van der Waals surface area contributed by atoms with Gasteiger partial charge in [-0.15, -0.1) is 12.4 Å². The molecule has 0 saturated carbocycles. The van der Waals surface area contributed by atoms with Crippen molar-refractivity contribution in [3.63, 3.8) is 0 Å². The van der Waals surface area contributed by atoms with Crippen molar-refractivity contribution in [2.24, 2.45) is 11.1 Å². The lowest BCUT2D eigenvalue weighted by molar-refractivity contribution is -0.127. The third kappa shape index (κ3) is 1.94. The van der Waals surface area contributed by atoms with Crippen molar-refractivity contribution < 1.29 is 9.59 Å². The topological polar surface area (TPSA) is 84.2 Å². The maximum absolute atomic E-state index is 11.7. The fourth-order valence-corrected chi connectivity index (χ4v) is 2.49. The van der Waals surface area contributed by atoms with Crippen LogP contribution < -0.4 is 16.4 Å². The molecule has 0 bridgehead atoms. The van der Waals surface area contributed by atoms with Gasteiger partial charge in [-0.1, -0.05) is 0 Å². The Bertz CT molecular complexity index is 297. The zero-order chi connectivity index (χ0) is 10.3. The number of hydrogen-bond acceptors (Lipinski definition) is 3. The monoisotopic (exact) mass is 233 g/mol. The highest BCUT2D eigenvalue weighted by Crippen LogP contribution is 2.38. The fraction of sp³-hybridized carbons (Fsp3) is 0.778. The molecule has 3 atom stereocenters. The molecule has 2 aliphatic rings. The van der Waals surface area contributed by atoms with Crippen molar-refractivity contribution in [2.75, 3.05) is 6.54 Å². The molecule has 0 radical (unpaired) electrons. The Morgan fingerprint density at radius 2 is 2.20 bits per heavy atom. The van der Waals surface area contributed by atoms with Crippen LogP contribution in [-0.4, -0.2) is 30.4 Å². The number of primary amides is 1. The number of rotatable bonds is 1. The SMILES string of the molecule is CC1C[C@]2(CN[C@H](C(N)=O)C2)C(=O)N1.Cl. The fourth-order valence-electron chi connectivity index (χ4n) is 2.49. The smallest absolute Gasteiger partial charge is 0.234 e. The number of nitrogens with two attached hydrogens (primary N) is 1. The van der Waals surface area contributed by atoms with E-state index < -0.39 is 0 Å². The van der Waals surface area contributed by atoms with Crippen LogP contribution in [0.1, 0.15) is 19.8 Å². The molecule has 2 aliphatic heterocycles.